The van der Waals surface area contributed by atoms with Crippen molar-refractivity contribution in [3.05, 3.63) is 52.7 Å². The number of imide groups is 1. The number of anilines is 1. The van der Waals surface area contributed by atoms with E-state index in [9.17, 15) is 14.4 Å². The molecule has 1 aromatic carbocycles. The highest BCUT2D eigenvalue weighted by Gasteiger charge is 2.39. The van der Waals surface area contributed by atoms with Crippen LogP contribution in [0.1, 0.15) is 12.0 Å². The van der Waals surface area contributed by atoms with Gasteiger partial charge in [-0.15, -0.1) is 22.7 Å². The third-order valence-electron chi connectivity index (χ3n) is 4.52. The number of rotatable bonds is 7. The monoisotopic (exact) mass is 442 g/mol. The average molecular weight is 443 g/mol. The van der Waals surface area contributed by atoms with Gasteiger partial charge < -0.3 is 15.4 Å². The molecule has 0 spiro atoms. The average Bonchev–Trinajstić information content (AvgIpc) is 3.47. The van der Waals surface area contributed by atoms with E-state index in [4.69, 9.17) is 4.74 Å². The van der Waals surface area contributed by atoms with Crippen molar-refractivity contribution in [3.63, 3.8) is 0 Å². The van der Waals surface area contributed by atoms with Gasteiger partial charge in [-0.25, -0.2) is 9.78 Å². The molecule has 3 heterocycles. The van der Waals surface area contributed by atoms with E-state index in [1.165, 1.54) is 11.3 Å². The van der Waals surface area contributed by atoms with Crippen LogP contribution in [0.15, 0.2) is 47.2 Å². The lowest BCUT2D eigenvalue weighted by atomic mass is 10.1. The first-order valence-electron chi connectivity index (χ1n) is 9.07. The van der Waals surface area contributed by atoms with Crippen LogP contribution in [0.25, 0.3) is 10.6 Å². The Morgan fingerprint density at radius 3 is 2.73 bits per heavy atom. The van der Waals surface area contributed by atoms with Crippen LogP contribution < -0.4 is 15.4 Å². The van der Waals surface area contributed by atoms with Crippen molar-refractivity contribution < 1.29 is 19.1 Å². The lowest BCUT2D eigenvalue weighted by molar-refractivity contribution is -0.130. The minimum absolute atomic E-state index is 0.128. The molecule has 1 aliphatic rings. The lowest BCUT2D eigenvalue weighted by Gasteiger charge is -2.13. The second kappa shape index (κ2) is 8.64. The Morgan fingerprint density at radius 2 is 2.03 bits per heavy atom. The summed E-state index contributed by atoms with van der Waals surface area (Å²) in [6.07, 6.45) is -0.155. The van der Waals surface area contributed by atoms with Crippen molar-refractivity contribution in [2.75, 3.05) is 12.4 Å². The van der Waals surface area contributed by atoms with Crippen LogP contribution >= 0.6 is 22.7 Å². The molecule has 0 bridgehead atoms. The molecule has 1 saturated heterocycles. The van der Waals surface area contributed by atoms with Crippen LogP contribution in [0.2, 0.25) is 0 Å². The molecule has 2 N–H and O–H groups in total. The number of ether oxygens (including phenoxy) is 1. The smallest absolute Gasteiger partial charge is 0.325 e. The maximum Gasteiger partial charge on any atom is 0.325 e. The van der Waals surface area contributed by atoms with Gasteiger partial charge >= 0.3 is 6.03 Å². The number of carbonyl (C=O) groups is 3. The molecule has 1 aliphatic heterocycles. The fourth-order valence-corrected chi connectivity index (χ4v) is 4.49. The summed E-state index contributed by atoms with van der Waals surface area (Å²) in [4.78, 5) is 43.7. The number of thiophene rings is 1. The summed E-state index contributed by atoms with van der Waals surface area (Å²) in [6, 6.07) is 9.57. The molecule has 3 aromatic rings. The zero-order valence-corrected chi connectivity index (χ0v) is 17.6. The fourth-order valence-electron chi connectivity index (χ4n) is 3.00. The molecule has 30 heavy (non-hydrogen) atoms. The minimum Gasteiger partial charge on any atom is -0.497 e. The Kier molecular flexibility index (Phi) is 5.77. The number of thiazole rings is 1. The van der Waals surface area contributed by atoms with Gasteiger partial charge in [0.05, 0.1) is 30.6 Å². The Balaban J connectivity index is 1.34. The van der Waals surface area contributed by atoms with Gasteiger partial charge in [-0.3, -0.25) is 14.5 Å². The largest absolute Gasteiger partial charge is 0.497 e. The molecule has 10 heteroatoms. The molecule has 4 amide bonds. The van der Waals surface area contributed by atoms with Gasteiger partial charge in [-0.05, 0) is 29.1 Å². The second-order valence-corrected chi connectivity index (χ2v) is 8.35. The van der Waals surface area contributed by atoms with Crippen molar-refractivity contribution in [2.45, 2.75) is 19.0 Å². The number of hydrogen-bond acceptors (Lipinski definition) is 7. The Hall–Kier alpha value is -3.24. The molecule has 0 unspecified atom stereocenters. The molecule has 2 aromatic heterocycles. The van der Waals surface area contributed by atoms with Crippen LogP contribution in [0.5, 0.6) is 5.75 Å². The van der Waals surface area contributed by atoms with Crippen molar-refractivity contribution >= 4 is 45.7 Å². The quantitative estimate of drug-likeness (QED) is 0.547. The van der Waals surface area contributed by atoms with Crippen molar-refractivity contribution in [1.29, 1.82) is 0 Å². The van der Waals surface area contributed by atoms with E-state index >= 15 is 0 Å². The van der Waals surface area contributed by atoms with Gasteiger partial charge in [0.25, 0.3) is 5.91 Å². The highest BCUT2D eigenvalue weighted by atomic mass is 32.1. The number of carbonyl (C=O) groups excluding carboxylic acids is 3. The SMILES string of the molecule is COc1ccc(CN2C(=O)N[C@@H](CC(=O)Nc3nc(-c4cccs4)cs3)C2=O)cc1. The van der Waals surface area contributed by atoms with Crippen molar-refractivity contribution in [1.82, 2.24) is 15.2 Å². The summed E-state index contributed by atoms with van der Waals surface area (Å²) >= 11 is 2.88. The normalized spacial score (nSPS) is 15.9. The van der Waals surface area contributed by atoms with E-state index in [1.807, 2.05) is 22.9 Å². The molecule has 0 radical (unpaired) electrons. The van der Waals surface area contributed by atoms with Gasteiger partial charge in [-0.1, -0.05) is 18.2 Å². The van der Waals surface area contributed by atoms with E-state index in [0.717, 1.165) is 21.0 Å². The number of nitrogens with zero attached hydrogens (tertiary/aromatic N) is 2. The van der Waals surface area contributed by atoms with E-state index in [0.29, 0.717) is 10.9 Å². The number of benzene rings is 1. The van der Waals surface area contributed by atoms with E-state index in [-0.39, 0.29) is 18.9 Å². The number of methoxy groups -OCH3 is 1. The molecule has 1 fully saturated rings. The third kappa shape index (κ3) is 4.34. The predicted molar refractivity (Wildman–Crippen MR) is 115 cm³/mol. The predicted octanol–water partition coefficient (Wildman–Crippen LogP) is 3.33. The number of amides is 4. The summed E-state index contributed by atoms with van der Waals surface area (Å²) in [6.45, 7) is 0.128. The van der Waals surface area contributed by atoms with E-state index < -0.39 is 18.0 Å². The Bertz CT molecular complexity index is 1060. The Labute approximate surface area is 180 Å². The first-order valence-corrected chi connectivity index (χ1v) is 10.8. The summed E-state index contributed by atoms with van der Waals surface area (Å²) in [5.74, 6) is -0.119. The van der Waals surface area contributed by atoms with Crippen LogP contribution in [-0.2, 0) is 16.1 Å². The lowest BCUT2D eigenvalue weighted by Crippen LogP contribution is -2.34. The highest BCUT2D eigenvalue weighted by Crippen LogP contribution is 2.28. The maximum atomic E-state index is 12.6. The standard InChI is InChI=1S/C20H18N4O4S2/c1-28-13-6-4-12(5-7-13)10-24-18(26)14(22-20(24)27)9-17(25)23-19-21-15(11-30-19)16-3-2-8-29-16/h2-8,11,14H,9-10H2,1H3,(H,22,27)(H,21,23,25)/t14-/m0/s1. The molecule has 4 rings (SSSR count). The number of aromatic nitrogens is 1. The molecule has 1 atom stereocenters. The Morgan fingerprint density at radius 1 is 1.23 bits per heavy atom. The third-order valence-corrected chi connectivity index (χ3v) is 6.17. The van der Waals surface area contributed by atoms with Crippen LogP contribution in [0.4, 0.5) is 9.93 Å². The summed E-state index contributed by atoms with van der Waals surface area (Å²) in [5.41, 5.74) is 1.58. The maximum absolute atomic E-state index is 12.6. The first kappa shape index (κ1) is 20.0. The van der Waals surface area contributed by atoms with E-state index in [2.05, 4.69) is 15.6 Å². The van der Waals surface area contributed by atoms with Gasteiger partial charge in [0.15, 0.2) is 5.13 Å². The highest BCUT2D eigenvalue weighted by molar-refractivity contribution is 7.16. The van der Waals surface area contributed by atoms with Gasteiger partial charge in [0, 0.05) is 5.38 Å². The van der Waals surface area contributed by atoms with Crippen molar-refractivity contribution in [2.24, 2.45) is 0 Å². The number of nitrogens with one attached hydrogen (secondary N) is 2. The van der Waals surface area contributed by atoms with Crippen LogP contribution in [-0.4, -0.2) is 40.9 Å². The fraction of sp³-hybridized carbons (Fsp3) is 0.200. The molecular formula is C20H18N4O4S2. The molecular weight excluding hydrogens is 424 g/mol. The summed E-state index contributed by atoms with van der Waals surface area (Å²) < 4.78 is 5.11. The number of urea groups is 1. The molecule has 0 saturated carbocycles. The summed E-state index contributed by atoms with van der Waals surface area (Å²) in [7, 11) is 1.57. The summed E-state index contributed by atoms with van der Waals surface area (Å²) in [5, 5.41) is 9.55. The zero-order chi connectivity index (χ0) is 21.1. The molecule has 8 nitrogen and oxygen atoms in total. The first-order chi connectivity index (χ1) is 14.5. The van der Waals surface area contributed by atoms with E-state index in [1.54, 1.807) is 42.7 Å². The van der Waals surface area contributed by atoms with Gasteiger partial charge in [0.2, 0.25) is 5.91 Å². The van der Waals surface area contributed by atoms with Gasteiger partial charge in [-0.2, -0.15) is 0 Å². The molecule has 0 aliphatic carbocycles. The van der Waals surface area contributed by atoms with Crippen molar-refractivity contribution in [3.8, 4) is 16.3 Å². The zero-order valence-electron chi connectivity index (χ0n) is 16.0. The van der Waals surface area contributed by atoms with Gasteiger partial charge in [0.1, 0.15) is 11.8 Å². The van der Waals surface area contributed by atoms with Crippen LogP contribution in [0, 0.1) is 0 Å². The van der Waals surface area contributed by atoms with Crippen LogP contribution in [0.3, 0.4) is 0 Å². The number of hydrogen-bond donors (Lipinski definition) is 2. The molecule has 154 valence electrons. The second-order valence-electron chi connectivity index (χ2n) is 6.54. The topological polar surface area (TPSA) is 101 Å². The minimum atomic E-state index is -0.896.